The van der Waals surface area contributed by atoms with Gasteiger partial charge in [0.15, 0.2) is 5.71 Å². The highest BCUT2D eigenvalue weighted by Gasteiger charge is 2.44. The van der Waals surface area contributed by atoms with Crippen LogP contribution in [0.5, 0.6) is 5.75 Å². The van der Waals surface area contributed by atoms with Gasteiger partial charge in [-0.1, -0.05) is 56.3 Å². The smallest absolute Gasteiger partial charge is 0.265 e. The quantitative estimate of drug-likeness (QED) is 0.0773. The third kappa shape index (κ3) is 8.75. The van der Waals surface area contributed by atoms with Gasteiger partial charge in [-0.3, -0.25) is 9.11 Å². The van der Waals surface area contributed by atoms with E-state index < -0.39 is 31.1 Å². The molecule has 55 heavy (non-hydrogen) atoms. The number of allylic oxidation sites excluding steroid dienone is 7. The number of benzene rings is 3. The van der Waals surface area contributed by atoms with Crippen LogP contribution in [0, 0.1) is 0 Å². The van der Waals surface area contributed by atoms with Crippen molar-refractivity contribution in [3.8, 4) is 5.75 Å². The Bertz CT molecular complexity index is 2370. The van der Waals surface area contributed by atoms with Crippen LogP contribution in [-0.4, -0.2) is 60.8 Å². The number of nitrogens with zero attached hydrogens (tertiary/aromatic N) is 2. The third-order valence-corrected chi connectivity index (χ3v) is 12.4. The van der Waals surface area contributed by atoms with Gasteiger partial charge in [0.05, 0.1) is 28.3 Å². The second-order valence-electron chi connectivity index (χ2n) is 15.4. The number of para-hydroxylation sites is 2. The molecule has 0 radical (unpaired) electrons. The Morgan fingerprint density at radius 2 is 1.47 bits per heavy atom. The van der Waals surface area contributed by atoms with Crippen LogP contribution in [0.1, 0.15) is 70.9 Å². The van der Waals surface area contributed by atoms with Crippen molar-refractivity contribution in [2.75, 3.05) is 41.0 Å². The monoisotopic (exact) mass is 787 g/mol. The highest BCUT2D eigenvalue weighted by Crippen LogP contribution is 2.48. The van der Waals surface area contributed by atoms with Gasteiger partial charge in [-0.15, -0.1) is 0 Å². The molecule has 6 rings (SSSR count). The van der Waals surface area contributed by atoms with E-state index in [4.69, 9.17) is 16.2 Å². The molecular formula is C42H51N4O7S2+. The average Bonchev–Trinajstić information content (AvgIpc) is 3.46. The summed E-state index contributed by atoms with van der Waals surface area (Å²) in [6, 6.07) is 21.4. The molecule has 0 aromatic heterocycles. The Kier molecular flexibility index (Phi) is 11.2. The lowest BCUT2D eigenvalue weighted by Gasteiger charge is -2.27. The summed E-state index contributed by atoms with van der Waals surface area (Å²) in [5.74, 6) is 0.573. The van der Waals surface area contributed by atoms with E-state index in [-0.39, 0.29) is 24.3 Å². The Morgan fingerprint density at radius 1 is 0.800 bits per heavy atom. The van der Waals surface area contributed by atoms with Gasteiger partial charge in [-0.25, -0.2) is 0 Å². The fourth-order valence-electron chi connectivity index (χ4n) is 8.02. The molecular weight excluding hydrogens is 737 g/mol. The first kappa shape index (κ1) is 40.0. The van der Waals surface area contributed by atoms with E-state index in [1.165, 1.54) is 0 Å². The maximum Gasteiger partial charge on any atom is 0.265 e. The minimum atomic E-state index is -4.11. The van der Waals surface area contributed by atoms with Gasteiger partial charge in [0.1, 0.15) is 18.1 Å². The van der Waals surface area contributed by atoms with Crippen LogP contribution >= 0.6 is 0 Å². The predicted molar refractivity (Wildman–Crippen MR) is 220 cm³/mol. The zero-order chi connectivity index (χ0) is 39.8. The molecule has 0 spiro atoms. The van der Waals surface area contributed by atoms with Gasteiger partial charge >= 0.3 is 0 Å². The summed E-state index contributed by atoms with van der Waals surface area (Å²) in [6.07, 6.45) is 11.2. The number of hydrogen-bond acceptors (Lipinski definition) is 8. The van der Waals surface area contributed by atoms with Crippen LogP contribution in [0.2, 0.25) is 0 Å². The van der Waals surface area contributed by atoms with E-state index >= 15 is 0 Å². The van der Waals surface area contributed by atoms with E-state index in [0.29, 0.717) is 36.0 Å². The molecule has 3 aliphatic rings. The number of nitrogen functional groups attached to an aromatic ring is 2. The number of ether oxygens (including phenoxy) is 1. The minimum absolute atomic E-state index is 0.255. The molecule has 0 atom stereocenters. The molecule has 2 heterocycles. The Hall–Kier alpha value is -4.69. The number of rotatable bonds is 13. The summed E-state index contributed by atoms with van der Waals surface area (Å²) in [4.78, 5) is 2.14. The van der Waals surface area contributed by atoms with Crippen LogP contribution in [0.25, 0.3) is 0 Å². The molecule has 11 nitrogen and oxygen atoms in total. The SMILES string of the molecule is CC1(C)C(=CC=C2CCCC(C=CC3=[N+](CCCS(=O)(=O)O)c4ccccc4C3(C)C)=C2Oc2ccc(N)c(N)c2)N(CCCS(=O)(=O)O)c2ccccc21. The van der Waals surface area contributed by atoms with Crippen molar-refractivity contribution in [1.29, 1.82) is 0 Å². The van der Waals surface area contributed by atoms with Crippen molar-refractivity contribution >= 4 is 48.7 Å². The molecule has 3 aromatic carbocycles. The van der Waals surface area contributed by atoms with Crippen molar-refractivity contribution in [2.45, 2.75) is 70.6 Å². The van der Waals surface area contributed by atoms with Gasteiger partial charge in [0.2, 0.25) is 5.69 Å². The third-order valence-electron chi connectivity index (χ3n) is 10.8. The average molecular weight is 788 g/mol. The minimum Gasteiger partial charge on any atom is -0.457 e. The van der Waals surface area contributed by atoms with Gasteiger partial charge < -0.3 is 21.1 Å². The topological polar surface area (TPSA) is 176 Å². The lowest BCUT2D eigenvalue weighted by atomic mass is 9.81. The molecule has 0 unspecified atom stereocenters. The normalized spacial score (nSPS) is 19.5. The van der Waals surface area contributed by atoms with E-state index in [0.717, 1.165) is 64.3 Å². The second-order valence-corrected chi connectivity index (χ2v) is 18.6. The van der Waals surface area contributed by atoms with E-state index in [1.807, 2.05) is 36.4 Å². The van der Waals surface area contributed by atoms with Crippen molar-refractivity contribution < 1.29 is 35.3 Å². The number of anilines is 3. The molecule has 2 aliphatic heterocycles. The Morgan fingerprint density at radius 3 is 2.18 bits per heavy atom. The fourth-order valence-corrected chi connectivity index (χ4v) is 9.01. The maximum atomic E-state index is 11.6. The molecule has 0 saturated heterocycles. The Balaban J connectivity index is 1.44. The lowest BCUT2D eigenvalue weighted by Crippen LogP contribution is -2.28. The van der Waals surface area contributed by atoms with Crippen LogP contribution < -0.4 is 21.1 Å². The molecule has 3 aromatic rings. The van der Waals surface area contributed by atoms with Crippen molar-refractivity contribution in [2.24, 2.45) is 0 Å². The molecule has 6 N–H and O–H groups in total. The molecule has 292 valence electrons. The lowest BCUT2D eigenvalue weighted by molar-refractivity contribution is -0.437. The highest BCUT2D eigenvalue weighted by atomic mass is 32.2. The van der Waals surface area contributed by atoms with Crippen LogP contribution in [0.15, 0.2) is 114 Å². The molecule has 1 aliphatic carbocycles. The molecule has 13 heteroatoms. The van der Waals surface area contributed by atoms with Gasteiger partial charge in [-0.05, 0) is 86.6 Å². The molecule has 0 fully saturated rings. The standard InChI is InChI=1S/C42H50N4O7S2/c1-41(2)32-14-5-7-16-36(32)45(24-10-26-54(47,48)49)38(41)22-18-29-12-9-13-30(40(29)53-31-20-21-34(43)35(44)28-31)19-23-39-42(3,4)33-15-6-8-17-37(33)46(39)25-11-27-55(50,51)52/h5-8,14-23,28H,9-13,24-27,43-44H2,1-4H3,(H-,47,48,49,50,51,52)/p+1. The first-order valence-electron chi connectivity index (χ1n) is 18.5. The van der Waals surface area contributed by atoms with E-state index in [9.17, 15) is 25.9 Å². The zero-order valence-corrected chi connectivity index (χ0v) is 33.5. The zero-order valence-electron chi connectivity index (χ0n) is 31.8. The van der Waals surface area contributed by atoms with Crippen LogP contribution in [-0.2, 0) is 31.1 Å². The number of fused-ring (bicyclic) bond motifs is 2. The largest absolute Gasteiger partial charge is 0.457 e. The highest BCUT2D eigenvalue weighted by molar-refractivity contribution is 7.86. The summed E-state index contributed by atoms with van der Waals surface area (Å²) in [5, 5.41) is 0. The summed E-state index contributed by atoms with van der Waals surface area (Å²) >= 11 is 0. The number of hydrogen-bond donors (Lipinski definition) is 4. The Labute approximate surface area is 324 Å². The summed E-state index contributed by atoms with van der Waals surface area (Å²) < 4.78 is 74.2. The van der Waals surface area contributed by atoms with Gasteiger partial charge in [0.25, 0.3) is 20.2 Å². The summed E-state index contributed by atoms with van der Waals surface area (Å²) in [6.45, 7) is 9.42. The molecule has 0 bridgehead atoms. The van der Waals surface area contributed by atoms with Crippen molar-refractivity contribution in [3.05, 3.63) is 125 Å². The van der Waals surface area contributed by atoms with E-state index in [1.54, 1.807) is 18.2 Å². The van der Waals surface area contributed by atoms with Crippen molar-refractivity contribution in [1.82, 2.24) is 0 Å². The molecule has 0 amide bonds. The van der Waals surface area contributed by atoms with Crippen molar-refractivity contribution in [3.63, 3.8) is 0 Å². The molecule has 0 saturated carbocycles. The first-order chi connectivity index (χ1) is 25.9. The number of nitrogens with two attached hydrogens (primary N) is 2. The maximum absolute atomic E-state index is 11.6. The summed E-state index contributed by atoms with van der Waals surface area (Å²) in [7, 11) is -8.22. The van der Waals surface area contributed by atoms with Gasteiger partial charge in [0, 0.05) is 53.5 Å². The second kappa shape index (κ2) is 15.4. The fraction of sp³-hybridized carbons (Fsp3) is 0.357. The predicted octanol–water partition coefficient (Wildman–Crippen LogP) is 7.46. The van der Waals surface area contributed by atoms with Gasteiger partial charge in [-0.2, -0.15) is 21.4 Å². The van der Waals surface area contributed by atoms with Crippen LogP contribution in [0.4, 0.5) is 22.7 Å². The summed E-state index contributed by atoms with van der Waals surface area (Å²) in [5.41, 5.74) is 20.5. The van der Waals surface area contributed by atoms with E-state index in [2.05, 4.69) is 73.6 Å². The first-order valence-corrected chi connectivity index (χ1v) is 21.8. The van der Waals surface area contributed by atoms with Crippen LogP contribution in [0.3, 0.4) is 0 Å².